The molecule has 7 heteroatoms. The Balaban J connectivity index is 1.56. The number of rotatable bonds is 3. The van der Waals surface area contributed by atoms with Gasteiger partial charge in [-0.25, -0.2) is 23.7 Å². The van der Waals surface area contributed by atoms with E-state index < -0.39 is 5.92 Å². The number of halogens is 2. The lowest BCUT2D eigenvalue weighted by Crippen LogP contribution is -2.39. The lowest BCUT2D eigenvalue weighted by Gasteiger charge is -2.33. The molecular formula is C20H28F2N4S. The summed E-state index contributed by atoms with van der Waals surface area (Å²) in [5, 5.41) is 1.17. The van der Waals surface area contributed by atoms with Crippen molar-refractivity contribution in [2.45, 2.75) is 77.7 Å². The molecule has 0 spiro atoms. The van der Waals surface area contributed by atoms with Crippen LogP contribution in [0.4, 0.5) is 8.78 Å². The summed E-state index contributed by atoms with van der Waals surface area (Å²) in [5.41, 5.74) is 2.20. The number of hydrogen-bond donors (Lipinski definition) is 0. The minimum atomic E-state index is -2.52. The van der Waals surface area contributed by atoms with Crippen LogP contribution in [0.3, 0.4) is 0 Å². The lowest BCUT2D eigenvalue weighted by molar-refractivity contribution is -0.0567. The maximum atomic E-state index is 13.4. The fourth-order valence-electron chi connectivity index (χ4n) is 4.19. The molecule has 1 aliphatic heterocycles. The minimum absolute atomic E-state index is 0.0691. The van der Waals surface area contributed by atoms with Crippen molar-refractivity contribution in [3.63, 3.8) is 0 Å². The molecule has 2 aromatic heterocycles. The first-order valence-corrected chi connectivity index (χ1v) is 10.8. The van der Waals surface area contributed by atoms with Crippen LogP contribution < -0.4 is 0 Å². The molecule has 2 aromatic rings. The third-order valence-electron chi connectivity index (χ3n) is 6.11. The zero-order valence-corrected chi connectivity index (χ0v) is 17.2. The van der Waals surface area contributed by atoms with Gasteiger partial charge in [-0.1, -0.05) is 25.2 Å². The first-order valence-electron chi connectivity index (χ1n) is 9.95. The van der Waals surface area contributed by atoms with E-state index in [9.17, 15) is 8.78 Å². The molecule has 0 bridgehead atoms. The average Bonchev–Trinajstić information content (AvgIpc) is 3.00. The molecule has 0 radical (unpaired) electrons. The van der Waals surface area contributed by atoms with Gasteiger partial charge < -0.3 is 0 Å². The SMILES string of the molecule is Cc1nc(CN2CCC(F)(F)CC2)c2nc(C3CCC(C)(C)CC3)sc2n1. The Morgan fingerprint density at radius 2 is 1.70 bits per heavy atom. The summed E-state index contributed by atoms with van der Waals surface area (Å²) in [6.07, 6.45) is 4.67. The summed E-state index contributed by atoms with van der Waals surface area (Å²) < 4.78 is 26.9. The molecule has 2 fully saturated rings. The van der Waals surface area contributed by atoms with Gasteiger partial charge in [0.05, 0.1) is 10.7 Å². The molecule has 0 unspecified atom stereocenters. The number of aryl methyl sites for hydroxylation is 1. The van der Waals surface area contributed by atoms with Crippen molar-refractivity contribution in [3.8, 4) is 0 Å². The fraction of sp³-hybridized carbons (Fsp3) is 0.750. The smallest absolute Gasteiger partial charge is 0.250 e. The average molecular weight is 395 g/mol. The number of piperidine rings is 1. The molecule has 0 atom stereocenters. The van der Waals surface area contributed by atoms with E-state index >= 15 is 0 Å². The quantitative estimate of drug-likeness (QED) is 0.707. The van der Waals surface area contributed by atoms with Gasteiger partial charge in [0, 0.05) is 38.4 Å². The van der Waals surface area contributed by atoms with Crippen molar-refractivity contribution >= 4 is 21.7 Å². The van der Waals surface area contributed by atoms with Crippen molar-refractivity contribution < 1.29 is 8.78 Å². The molecule has 2 aliphatic rings. The van der Waals surface area contributed by atoms with Gasteiger partial charge in [-0.05, 0) is 38.0 Å². The van der Waals surface area contributed by atoms with E-state index in [-0.39, 0.29) is 12.8 Å². The Hall–Kier alpha value is -1.21. The van der Waals surface area contributed by atoms with Gasteiger partial charge in [-0.3, -0.25) is 4.90 Å². The summed E-state index contributed by atoms with van der Waals surface area (Å²) in [5.74, 6) is -1.27. The zero-order valence-electron chi connectivity index (χ0n) is 16.4. The molecule has 0 N–H and O–H groups in total. The number of aromatic nitrogens is 3. The van der Waals surface area contributed by atoms with Crippen LogP contribution in [-0.4, -0.2) is 38.9 Å². The predicted octanol–water partition coefficient (Wildman–Crippen LogP) is 5.31. The molecule has 0 aromatic carbocycles. The summed E-state index contributed by atoms with van der Waals surface area (Å²) >= 11 is 1.69. The van der Waals surface area contributed by atoms with Crippen molar-refractivity contribution in [3.05, 3.63) is 16.5 Å². The van der Waals surface area contributed by atoms with Crippen molar-refractivity contribution in [1.29, 1.82) is 0 Å². The predicted molar refractivity (Wildman–Crippen MR) is 104 cm³/mol. The summed E-state index contributed by atoms with van der Waals surface area (Å²) in [4.78, 5) is 17.2. The number of likely N-dealkylation sites (tertiary alicyclic amines) is 1. The highest BCUT2D eigenvalue weighted by atomic mass is 32.1. The number of nitrogens with zero attached hydrogens (tertiary/aromatic N) is 4. The Labute approximate surface area is 163 Å². The van der Waals surface area contributed by atoms with E-state index in [2.05, 4.69) is 28.7 Å². The molecule has 1 saturated heterocycles. The van der Waals surface area contributed by atoms with E-state index in [0.29, 0.717) is 31.0 Å². The minimum Gasteiger partial charge on any atom is -0.297 e. The highest BCUT2D eigenvalue weighted by molar-refractivity contribution is 7.18. The third kappa shape index (κ3) is 4.29. The number of thiazole rings is 1. The van der Waals surface area contributed by atoms with Crippen molar-refractivity contribution in [1.82, 2.24) is 19.9 Å². The van der Waals surface area contributed by atoms with Gasteiger partial charge in [0.25, 0.3) is 5.92 Å². The topological polar surface area (TPSA) is 41.9 Å². The van der Waals surface area contributed by atoms with Gasteiger partial charge >= 0.3 is 0 Å². The van der Waals surface area contributed by atoms with Gasteiger partial charge in [0.2, 0.25) is 0 Å². The largest absolute Gasteiger partial charge is 0.297 e. The van der Waals surface area contributed by atoms with E-state index in [1.54, 1.807) is 11.3 Å². The Bertz CT molecular complexity index is 813. The van der Waals surface area contributed by atoms with Crippen LogP contribution in [0.1, 0.15) is 74.8 Å². The number of fused-ring (bicyclic) bond motifs is 1. The molecule has 1 aliphatic carbocycles. The molecular weight excluding hydrogens is 366 g/mol. The van der Waals surface area contributed by atoms with Crippen molar-refractivity contribution in [2.24, 2.45) is 5.41 Å². The van der Waals surface area contributed by atoms with Crippen LogP contribution in [0, 0.1) is 12.3 Å². The summed E-state index contributed by atoms with van der Waals surface area (Å²) in [7, 11) is 0. The second-order valence-corrected chi connectivity index (χ2v) is 10.0. The van der Waals surface area contributed by atoms with Crippen LogP contribution in [0.25, 0.3) is 10.3 Å². The van der Waals surface area contributed by atoms with Crippen molar-refractivity contribution in [2.75, 3.05) is 13.1 Å². The van der Waals surface area contributed by atoms with Gasteiger partial charge in [-0.2, -0.15) is 0 Å². The first kappa shape index (κ1) is 19.1. The standard InChI is InChI=1S/C20H28F2N4S/c1-13-23-15(12-26-10-8-20(21,22)9-11-26)16-18(24-13)27-17(25-16)14-4-6-19(2,3)7-5-14/h14H,4-12H2,1-3H3. The molecule has 3 heterocycles. The summed E-state index contributed by atoms with van der Waals surface area (Å²) in [6.45, 7) is 7.98. The molecule has 4 nitrogen and oxygen atoms in total. The van der Waals surface area contributed by atoms with Crippen LogP contribution in [0.2, 0.25) is 0 Å². The van der Waals surface area contributed by atoms with Crippen LogP contribution >= 0.6 is 11.3 Å². The Morgan fingerprint density at radius 1 is 1.04 bits per heavy atom. The molecule has 1 saturated carbocycles. The monoisotopic (exact) mass is 394 g/mol. The van der Waals surface area contributed by atoms with Crippen LogP contribution in [0.15, 0.2) is 0 Å². The highest BCUT2D eigenvalue weighted by Crippen LogP contribution is 2.44. The van der Waals surface area contributed by atoms with Gasteiger partial charge in [0.1, 0.15) is 16.2 Å². The third-order valence-corrected chi connectivity index (χ3v) is 7.22. The Morgan fingerprint density at radius 3 is 2.37 bits per heavy atom. The van der Waals surface area contributed by atoms with E-state index in [1.165, 1.54) is 30.7 Å². The molecule has 27 heavy (non-hydrogen) atoms. The number of hydrogen-bond acceptors (Lipinski definition) is 5. The maximum absolute atomic E-state index is 13.4. The van der Waals surface area contributed by atoms with Crippen LogP contribution in [-0.2, 0) is 6.54 Å². The zero-order chi connectivity index (χ0) is 19.2. The van der Waals surface area contributed by atoms with Crippen LogP contribution in [0.5, 0.6) is 0 Å². The second kappa shape index (κ2) is 6.99. The number of alkyl halides is 2. The lowest BCUT2D eigenvalue weighted by atomic mass is 9.73. The van der Waals surface area contributed by atoms with Gasteiger partial charge in [-0.15, -0.1) is 0 Å². The highest BCUT2D eigenvalue weighted by Gasteiger charge is 2.34. The Kier molecular flexibility index (Phi) is 4.95. The fourth-order valence-corrected chi connectivity index (χ4v) is 5.37. The molecule has 4 rings (SSSR count). The first-order chi connectivity index (χ1) is 12.7. The second-order valence-electron chi connectivity index (χ2n) is 8.99. The summed E-state index contributed by atoms with van der Waals surface area (Å²) in [6, 6.07) is 0. The van der Waals surface area contributed by atoms with Gasteiger partial charge in [0.15, 0.2) is 0 Å². The normalized spacial score (nSPS) is 23.7. The maximum Gasteiger partial charge on any atom is 0.250 e. The van der Waals surface area contributed by atoms with E-state index in [0.717, 1.165) is 21.9 Å². The van der Waals surface area contributed by atoms with E-state index in [4.69, 9.17) is 4.98 Å². The van der Waals surface area contributed by atoms with E-state index in [1.807, 2.05) is 6.92 Å². The molecule has 0 amide bonds. The molecule has 148 valence electrons.